The number of nitrogens with one attached hydrogen (secondary N) is 1. The Bertz CT molecular complexity index is 1450. The number of carbonyl (C=O) groups is 1. The summed E-state index contributed by atoms with van der Waals surface area (Å²) in [7, 11) is 0. The van der Waals surface area contributed by atoms with Crippen molar-refractivity contribution in [3.63, 3.8) is 0 Å². The molecule has 5 nitrogen and oxygen atoms in total. The normalized spacial score (nSPS) is 14.7. The lowest BCUT2D eigenvalue weighted by Gasteiger charge is -2.14. The van der Waals surface area contributed by atoms with Gasteiger partial charge in [-0.15, -0.1) is 0 Å². The Kier molecular flexibility index (Phi) is 5.80. The molecule has 0 amide bonds. The molecule has 5 rings (SSSR count). The lowest BCUT2D eigenvalue weighted by atomic mass is 9.93. The number of alkyl halides is 3. The van der Waals surface area contributed by atoms with Crippen molar-refractivity contribution in [1.82, 2.24) is 0 Å². The predicted octanol–water partition coefficient (Wildman–Crippen LogP) is 7.13. The van der Waals surface area contributed by atoms with E-state index in [-0.39, 0.29) is 11.4 Å². The monoisotopic (exact) mass is 478 g/mol. The zero-order valence-corrected chi connectivity index (χ0v) is 18.8. The SMILES string of the molecule is Cc1c(C(=O)Oc2cccc3ccccc23)oc2c1/C(=N/Nc1cccc(C(F)(F)F)c1)CCC2. The number of carbonyl (C=O) groups excluding carboxylic acids is 1. The van der Waals surface area contributed by atoms with Crippen molar-refractivity contribution in [2.75, 3.05) is 5.43 Å². The molecule has 0 spiro atoms. The quantitative estimate of drug-likeness (QED) is 0.193. The van der Waals surface area contributed by atoms with E-state index < -0.39 is 17.7 Å². The number of benzene rings is 3. The fourth-order valence-electron chi connectivity index (χ4n) is 4.30. The minimum atomic E-state index is -4.44. The van der Waals surface area contributed by atoms with Crippen molar-refractivity contribution in [3.05, 3.63) is 94.9 Å². The first kappa shape index (κ1) is 22.7. The number of aryl methyl sites for hydroxylation is 1. The van der Waals surface area contributed by atoms with Crippen LogP contribution >= 0.6 is 0 Å². The maximum atomic E-state index is 13.0. The van der Waals surface area contributed by atoms with Crippen LogP contribution in [0.2, 0.25) is 0 Å². The molecule has 0 atom stereocenters. The average Bonchev–Trinajstić information content (AvgIpc) is 3.20. The van der Waals surface area contributed by atoms with Crippen molar-refractivity contribution in [2.45, 2.75) is 32.4 Å². The van der Waals surface area contributed by atoms with Crippen molar-refractivity contribution in [2.24, 2.45) is 5.10 Å². The summed E-state index contributed by atoms with van der Waals surface area (Å²) >= 11 is 0. The lowest BCUT2D eigenvalue weighted by Crippen LogP contribution is -2.14. The average molecular weight is 478 g/mol. The van der Waals surface area contributed by atoms with E-state index in [1.165, 1.54) is 12.1 Å². The predicted molar refractivity (Wildman–Crippen MR) is 127 cm³/mol. The second kappa shape index (κ2) is 8.94. The van der Waals surface area contributed by atoms with Crippen LogP contribution in [0.3, 0.4) is 0 Å². The van der Waals surface area contributed by atoms with Gasteiger partial charge in [0.05, 0.1) is 17.0 Å². The van der Waals surface area contributed by atoms with Crippen LogP contribution in [0, 0.1) is 6.92 Å². The van der Waals surface area contributed by atoms with Gasteiger partial charge in [-0.05, 0) is 49.4 Å². The molecule has 0 saturated carbocycles. The second-order valence-corrected chi connectivity index (χ2v) is 8.32. The van der Waals surface area contributed by atoms with E-state index in [9.17, 15) is 18.0 Å². The van der Waals surface area contributed by atoms with Crippen LogP contribution in [0.15, 0.2) is 76.2 Å². The molecule has 0 saturated heterocycles. The summed E-state index contributed by atoms with van der Waals surface area (Å²) in [5, 5.41) is 6.12. The molecule has 1 N–H and O–H groups in total. The number of esters is 1. The number of ether oxygens (including phenoxy) is 1. The van der Waals surface area contributed by atoms with Crippen LogP contribution in [0.5, 0.6) is 5.75 Å². The third kappa shape index (κ3) is 4.51. The molecule has 0 fully saturated rings. The standard InChI is InChI=1S/C27H21F3N2O3/c1-16-24-21(32-31-19-10-5-9-18(15-19)27(28,29)30)12-6-14-23(24)34-25(16)26(33)35-22-13-4-8-17-7-2-3-11-20(17)22/h2-5,7-11,13,15,31H,6,12,14H2,1H3/b32-21+. The van der Waals surface area contributed by atoms with E-state index >= 15 is 0 Å². The van der Waals surface area contributed by atoms with Gasteiger partial charge in [-0.3, -0.25) is 5.43 Å². The molecule has 35 heavy (non-hydrogen) atoms. The van der Waals surface area contributed by atoms with Gasteiger partial charge in [0, 0.05) is 22.9 Å². The molecule has 1 aliphatic carbocycles. The van der Waals surface area contributed by atoms with E-state index in [4.69, 9.17) is 9.15 Å². The van der Waals surface area contributed by atoms with Crippen LogP contribution in [-0.2, 0) is 12.6 Å². The first-order valence-electron chi connectivity index (χ1n) is 11.1. The van der Waals surface area contributed by atoms with E-state index in [0.717, 1.165) is 29.3 Å². The Hall–Kier alpha value is -4.07. The Morgan fingerprint density at radius 2 is 1.80 bits per heavy atom. The van der Waals surface area contributed by atoms with Crippen molar-refractivity contribution < 1.29 is 27.1 Å². The fourth-order valence-corrected chi connectivity index (χ4v) is 4.30. The third-order valence-electron chi connectivity index (χ3n) is 5.97. The fraction of sp³-hybridized carbons (Fsp3) is 0.185. The number of rotatable bonds is 4. The van der Waals surface area contributed by atoms with Gasteiger partial charge in [-0.25, -0.2) is 4.79 Å². The van der Waals surface area contributed by atoms with Gasteiger partial charge in [0.15, 0.2) is 0 Å². The summed E-state index contributed by atoms with van der Waals surface area (Å²) in [5.74, 6) is 0.528. The van der Waals surface area contributed by atoms with E-state index in [1.807, 2.05) is 36.4 Å². The topological polar surface area (TPSA) is 63.8 Å². The zero-order chi connectivity index (χ0) is 24.6. The van der Waals surface area contributed by atoms with Gasteiger partial charge in [-0.1, -0.05) is 42.5 Å². The lowest BCUT2D eigenvalue weighted by molar-refractivity contribution is -0.137. The Morgan fingerprint density at radius 1 is 1.03 bits per heavy atom. The summed E-state index contributed by atoms with van der Waals surface area (Å²) in [6, 6.07) is 17.9. The van der Waals surface area contributed by atoms with Gasteiger partial charge in [0.2, 0.25) is 5.76 Å². The van der Waals surface area contributed by atoms with Crippen LogP contribution in [0.4, 0.5) is 18.9 Å². The minimum absolute atomic E-state index is 0.0941. The molecule has 0 radical (unpaired) electrons. The number of hydrazone groups is 1. The van der Waals surface area contributed by atoms with Gasteiger partial charge < -0.3 is 9.15 Å². The molecule has 8 heteroatoms. The number of furan rings is 1. The van der Waals surface area contributed by atoms with Crippen LogP contribution in [0.1, 0.15) is 45.8 Å². The van der Waals surface area contributed by atoms with Gasteiger partial charge in [-0.2, -0.15) is 18.3 Å². The molecule has 178 valence electrons. The highest BCUT2D eigenvalue weighted by Crippen LogP contribution is 2.33. The first-order chi connectivity index (χ1) is 16.8. The molecule has 1 aromatic heterocycles. The summed E-state index contributed by atoms with van der Waals surface area (Å²) in [6.45, 7) is 1.76. The summed E-state index contributed by atoms with van der Waals surface area (Å²) in [5.41, 5.74) is 4.09. The van der Waals surface area contributed by atoms with Crippen molar-refractivity contribution in [1.29, 1.82) is 0 Å². The van der Waals surface area contributed by atoms with E-state index in [0.29, 0.717) is 41.2 Å². The van der Waals surface area contributed by atoms with Crippen molar-refractivity contribution >= 4 is 28.1 Å². The second-order valence-electron chi connectivity index (χ2n) is 8.32. The molecule has 1 aliphatic rings. The van der Waals surface area contributed by atoms with Gasteiger partial charge >= 0.3 is 12.1 Å². The van der Waals surface area contributed by atoms with Crippen molar-refractivity contribution in [3.8, 4) is 5.75 Å². The summed E-state index contributed by atoms with van der Waals surface area (Å²) < 4.78 is 50.6. The van der Waals surface area contributed by atoms with Crippen LogP contribution < -0.4 is 10.2 Å². The minimum Gasteiger partial charge on any atom is -0.453 e. The first-order valence-corrected chi connectivity index (χ1v) is 11.1. The Labute approximate surface area is 199 Å². The molecule has 0 unspecified atom stereocenters. The number of hydrogen-bond acceptors (Lipinski definition) is 5. The Morgan fingerprint density at radius 3 is 2.63 bits per heavy atom. The molecule has 0 bridgehead atoms. The zero-order valence-electron chi connectivity index (χ0n) is 18.8. The number of anilines is 1. The van der Waals surface area contributed by atoms with Crippen LogP contribution in [0.25, 0.3) is 10.8 Å². The highest BCUT2D eigenvalue weighted by molar-refractivity contribution is 6.06. The highest BCUT2D eigenvalue weighted by Gasteiger charge is 2.31. The number of hydrogen-bond donors (Lipinski definition) is 1. The number of fused-ring (bicyclic) bond motifs is 2. The smallest absolute Gasteiger partial charge is 0.416 e. The Balaban J connectivity index is 1.42. The molecule has 1 heterocycles. The van der Waals surface area contributed by atoms with Gasteiger partial charge in [0.1, 0.15) is 11.5 Å². The molecule has 3 aromatic carbocycles. The number of halogens is 3. The molecule has 0 aliphatic heterocycles. The van der Waals surface area contributed by atoms with E-state index in [2.05, 4.69) is 10.5 Å². The number of nitrogens with zero attached hydrogens (tertiary/aromatic N) is 1. The van der Waals surface area contributed by atoms with Crippen LogP contribution in [-0.4, -0.2) is 11.7 Å². The maximum absolute atomic E-state index is 13.0. The largest absolute Gasteiger partial charge is 0.453 e. The molecular weight excluding hydrogens is 457 g/mol. The third-order valence-corrected chi connectivity index (χ3v) is 5.97. The maximum Gasteiger partial charge on any atom is 0.416 e. The molecule has 4 aromatic rings. The molecular formula is C27H21F3N2O3. The highest BCUT2D eigenvalue weighted by atomic mass is 19.4. The van der Waals surface area contributed by atoms with E-state index in [1.54, 1.807) is 13.0 Å². The summed E-state index contributed by atoms with van der Waals surface area (Å²) in [4.78, 5) is 13.0. The summed E-state index contributed by atoms with van der Waals surface area (Å²) in [6.07, 6.45) is -2.48. The van der Waals surface area contributed by atoms with Gasteiger partial charge in [0.25, 0.3) is 0 Å².